The first-order valence-corrected chi connectivity index (χ1v) is 9.97. The van der Waals surface area contributed by atoms with E-state index in [-0.39, 0.29) is 11.1 Å². The highest BCUT2D eigenvalue weighted by atomic mass is 28.4. The fourth-order valence-corrected chi connectivity index (χ4v) is 7.70. The van der Waals surface area contributed by atoms with Gasteiger partial charge in [0.05, 0.1) is 12.6 Å². The average molecular weight is 330 g/mol. The van der Waals surface area contributed by atoms with Gasteiger partial charge in [-0.25, -0.2) is 5.48 Å². The molecule has 0 saturated heterocycles. The smallest absolute Gasteiger partial charge is 0.261 e. The Bertz CT molecular complexity index is 556. The molecule has 0 aliphatic heterocycles. The van der Waals surface area contributed by atoms with Crippen molar-refractivity contribution in [3.63, 3.8) is 0 Å². The minimum absolute atomic E-state index is 0.0368. The van der Waals surface area contributed by atoms with Crippen molar-refractivity contribution in [1.29, 1.82) is 0 Å². The molecule has 1 atom stereocenters. The fraction of sp³-hybridized carbons (Fsp3) is 0.368. The van der Waals surface area contributed by atoms with Crippen LogP contribution < -0.4 is 15.9 Å². The van der Waals surface area contributed by atoms with Crippen LogP contribution in [0.5, 0.6) is 0 Å². The molecule has 124 valence electrons. The molecule has 0 fully saturated rings. The molecule has 0 amide bonds. The lowest BCUT2D eigenvalue weighted by molar-refractivity contribution is 0.102. The Morgan fingerprint density at radius 3 is 1.74 bits per heavy atom. The zero-order valence-electron chi connectivity index (χ0n) is 14.4. The molecule has 2 rings (SSSR count). The first-order valence-electron chi connectivity index (χ1n) is 8.06. The van der Waals surface area contributed by atoms with Crippen LogP contribution in [0.3, 0.4) is 0 Å². The lowest BCUT2D eigenvalue weighted by Gasteiger charge is -2.43. The van der Waals surface area contributed by atoms with Crippen molar-refractivity contribution < 1.29 is 9.63 Å². The summed E-state index contributed by atoms with van der Waals surface area (Å²) in [5.41, 5.74) is 2.29. The van der Waals surface area contributed by atoms with Gasteiger partial charge in [0.25, 0.3) is 8.32 Å². The number of hydrogen-bond donors (Lipinski definition) is 2. The van der Waals surface area contributed by atoms with E-state index < -0.39 is 8.32 Å². The second-order valence-electron chi connectivity index (χ2n) is 7.00. The number of hydroxylamine groups is 1. The Hall–Kier alpha value is -1.46. The van der Waals surface area contributed by atoms with Gasteiger partial charge in [0.1, 0.15) is 0 Å². The van der Waals surface area contributed by atoms with Gasteiger partial charge in [-0.1, -0.05) is 81.4 Å². The maximum Gasteiger partial charge on any atom is 0.261 e. The second kappa shape index (κ2) is 7.40. The van der Waals surface area contributed by atoms with Gasteiger partial charge in [0.2, 0.25) is 0 Å². The molecule has 0 aliphatic rings. The van der Waals surface area contributed by atoms with E-state index >= 15 is 0 Å². The normalized spacial score (nSPS) is 13.8. The summed E-state index contributed by atoms with van der Waals surface area (Å²) in [6.07, 6.45) is 0. The van der Waals surface area contributed by atoms with Crippen LogP contribution in [0.4, 0.5) is 0 Å². The molecule has 0 aromatic heterocycles. The average Bonchev–Trinajstić information content (AvgIpc) is 2.56. The minimum atomic E-state index is -2.48. The number of nitrogens with one attached hydrogen (secondary N) is 1. The summed E-state index contributed by atoms with van der Waals surface area (Å²) in [7, 11) is -2.48. The SMILES string of the molecule is C[C@H](CO[Si](c1ccccc1)(c1ccccc1)C(C)(C)C)NO. The second-order valence-corrected chi connectivity index (χ2v) is 11.3. The Labute approximate surface area is 140 Å². The van der Waals surface area contributed by atoms with Gasteiger partial charge in [-0.05, 0) is 22.3 Å². The summed E-state index contributed by atoms with van der Waals surface area (Å²) in [4.78, 5) is 0. The van der Waals surface area contributed by atoms with Gasteiger partial charge in [0, 0.05) is 0 Å². The first-order chi connectivity index (χ1) is 10.9. The zero-order chi connectivity index (χ0) is 16.9. The van der Waals surface area contributed by atoms with Gasteiger partial charge in [0.15, 0.2) is 0 Å². The maximum absolute atomic E-state index is 9.16. The van der Waals surface area contributed by atoms with Crippen LogP contribution in [-0.4, -0.2) is 26.2 Å². The lowest BCUT2D eigenvalue weighted by Crippen LogP contribution is -2.67. The van der Waals surface area contributed by atoms with Crippen molar-refractivity contribution in [1.82, 2.24) is 5.48 Å². The van der Waals surface area contributed by atoms with E-state index in [0.29, 0.717) is 6.61 Å². The molecular formula is C19H27NO2Si. The molecule has 2 N–H and O–H groups in total. The highest BCUT2D eigenvalue weighted by Gasteiger charge is 2.50. The fourth-order valence-electron chi connectivity index (χ4n) is 3.05. The molecular weight excluding hydrogens is 302 g/mol. The van der Waals surface area contributed by atoms with Gasteiger partial charge >= 0.3 is 0 Å². The summed E-state index contributed by atoms with van der Waals surface area (Å²) in [6, 6.07) is 20.9. The Morgan fingerprint density at radius 2 is 1.39 bits per heavy atom. The van der Waals surface area contributed by atoms with E-state index in [4.69, 9.17) is 9.63 Å². The molecule has 4 heteroatoms. The highest BCUT2D eigenvalue weighted by molar-refractivity contribution is 6.99. The molecule has 0 aliphatic carbocycles. The van der Waals surface area contributed by atoms with Gasteiger partial charge < -0.3 is 9.63 Å². The largest absolute Gasteiger partial charge is 0.406 e. The van der Waals surface area contributed by atoms with Gasteiger partial charge in [-0.15, -0.1) is 0 Å². The van der Waals surface area contributed by atoms with Crippen molar-refractivity contribution in [2.45, 2.75) is 38.8 Å². The third kappa shape index (κ3) is 3.72. The van der Waals surface area contributed by atoms with Crippen molar-refractivity contribution in [2.24, 2.45) is 0 Å². The van der Waals surface area contributed by atoms with Crippen LogP contribution in [0.1, 0.15) is 27.7 Å². The molecule has 3 nitrogen and oxygen atoms in total. The third-order valence-electron chi connectivity index (χ3n) is 4.19. The molecule has 0 spiro atoms. The van der Waals surface area contributed by atoms with E-state index in [1.165, 1.54) is 10.4 Å². The number of rotatable bonds is 6. The van der Waals surface area contributed by atoms with Gasteiger partial charge in [-0.2, -0.15) is 0 Å². The van der Waals surface area contributed by atoms with Crippen molar-refractivity contribution in [3.05, 3.63) is 60.7 Å². The Balaban J connectivity index is 2.60. The van der Waals surface area contributed by atoms with Crippen LogP contribution in [0, 0.1) is 0 Å². The molecule has 2 aromatic carbocycles. The van der Waals surface area contributed by atoms with Crippen molar-refractivity contribution in [3.8, 4) is 0 Å². The molecule has 2 aromatic rings. The van der Waals surface area contributed by atoms with Gasteiger partial charge in [-0.3, -0.25) is 0 Å². The monoisotopic (exact) mass is 329 g/mol. The molecule has 23 heavy (non-hydrogen) atoms. The maximum atomic E-state index is 9.16. The van der Waals surface area contributed by atoms with E-state index in [1.54, 1.807) is 0 Å². The van der Waals surface area contributed by atoms with E-state index in [1.807, 2.05) is 19.1 Å². The zero-order valence-corrected chi connectivity index (χ0v) is 15.4. The quantitative estimate of drug-likeness (QED) is 0.632. The third-order valence-corrected chi connectivity index (χ3v) is 9.19. The predicted octanol–water partition coefficient (Wildman–Crippen LogP) is 2.93. The highest BCUT2D eigenvalue weighted by Crippen LogP contribution is 2.36. The number of benzene rings is 2. The molecule has 0 radical (unpaired) electrons. The summed E-state index contributed by atoms with van der Waals surface area (Å²) in [5, 5.41) is 11.6. The lowest BCUT2D eigenvalue weighted by atomic mass is 10.2. The number of hydrogen-bond acceptors (Lipinski definition) is 3. The van der Waals surface area contributed by atoms with Crippen LogP contribution in [0.15, 0.2) is 60.7 Å². The van der Waals surface area contributed by atoms with E-state index in [0.717, 1.165) is 0 Å². The van der Waals surface area contributed by atoms with Crippen molar-refractivity contribution >= 4 is 18.7 Å². The first kappa shape index (κ1) is 17.9. The summed E-state index contributed by atoms with van der Waals surface area (Å²) < 4.78 is 6.64. The Kier molecular flexibility index (Phi) is 5.76. The standard InChI is InChI=1S/C19H27NO2Si/c1-16(20-21)15-22-23(19(2,3)4,17-11-7-5-8-12-17)18-13-9-6-10-14-18/h5-14,16,20-21H,15H2,1-4H3/t16-/m1/s1. The summed E-state index contributed by atoms with van der Waals surface area (Å²) in [5.74, 6) is 0. The molecule has 0 saturated carbocycles. The van der Waals surface area contributed by atoms with Crippen LogP contribution in [0.25, 0.3) is 0 Å². The predicted molar refractivity (Wildman–Crippen MR) is 98.0 cm³/mol. The van der Waals surface area contributed by atoms with Crippen molar-refractivity contribution in [2.75, 3.05) is 6.61 Å². The Morgan fingerprint density at radius 1 is 0.957 bits per heavy atom. The summed E-state index contributed by atoms with van der Waals surface area (Å²) in [6.45, 7) is 9.12. The molecule has 0 bridgehead atoms. The van der Waals surface area contributed by atoms with E-state index in [2.05, 4.69) is 74.8 Å². The van der Waals surface area contributed by atoms with Crippen LogP contribution >= 0.6 is 0 Å². The van der Waals surface area contributed by atoms with Crippen LogP contribution in [0.2, 0.25) is 5.04 Å². The summed E-state index contributed by atoms with van der Waals surface area (Å²) >= 11 is 0. The topological polar surface area (TPSA) is 41.5 Å². The minimum Gasteiger partial charge on any atom is -0.406 e. The van der Waals surface area contributed by atoms with E-state index in [9.17, 15) is 0 Å². The molecule has 0 heterocycles. The molecule has 0 unspecified atom stereocenters. The van der Waals surface area contributed by atoms with Crippen LogP contribution in [-0.2, 0) is 4.43 Å².